The van der Waals surface area contributed by atoms with Crippen molar-refractivity contribution in [1.29, 1.82) is 0 Å². The standard InChI is InChI=1S/C13H23N3S/c1-8(13(2,3)4)7-15-12-10(9-5-6-9)11(14)16-17-12/h8-9,15H,5-7H2,1-4H3,(H2,14,16). The summed E-state index contributed by atoms with van der Waals surface area (Å²) in [5.74, 6) is 2.03. The number of nitrogen functional groups attached to an aromatic ring is 1. The van der Waals surface area contributed by atoms with Crippen molar-refractivity contribution in [2.24, 2.45) is 11.3 Å². The molecule has 1 aliphatic carbocycles. The fraction of sp³-hybridized carbons (Fsp3) is 0.769. The molecule has 96 valence electrons. The van der Waals surface area contributed by atoms with E-state index in [1.165, 1.54) is 34.9 Å². The van der Waals surface area contributed by atoms with Gasteiger partial charge < -0.3 is 11.1 Å². The van der Waals surface area contributed by atoms with Crippen LogP contribution in [0.2, 0.25) is 0 Å². The van der Waals surface area contributed by atoms with Crippen LogP contribution in [0.25, 0.3) is 0 Å². The molecule has 1 saturated carbocycles. The lowest BCUT2D eigenvalue weighted by Crippen LogP contribution is -2.24. The topological polar surface area (TPSA) is 50.9 Å². The lowest BCUT2D eigenvalue weighted by molar-refractivity contribution is 0.275. The fourth-order valence-corrected chi connectivity index (χ4v) is 2.56. The van der Waals surface area contributed by atoms with Crippen LogP contribution in [0.4, 0.5) is 10.8 Å². The van der Waals surface area contributed by atoms with E-state index in [9.17, 15) is 0 Å². The van der Waals surface area contributed by atoms with Crippen LogP contribution in [0.5, 0.6) is 0 Å². The third-order valence-electron chi connectivity index (χ3n) is 3.79. The molecule has 4 heteroatoms. The molecule has 0 radical (unpaired) electrons. The first kappa shape index (κ1) is 12.7. The summed E-state index contributed by atoms with van der Waals surface area (Å²) in [4.78, 5) is 0. The minimum absolute atomic E-state index is 0.336. The molecule has 0 aliphatic heterocycles. The van der Waals surface area contributed by atoms with E-state index in [0.29, 0.717) is 17.3 Å². The average molecular weight is 253 g/mol. The Balaban J connectivity index is 2.00. The van der Waals surface area contributed by atoms with Gasteiger partial charge >= 0.3 is 0 Å². The van der Waals surface area contributed by atoms with Gasteiger partial charge in [-0.1, -0.05) is 27.7 Å². The van der Waals surface area contributed by atoms with Crippen molar-refractivity contribution in [2.45, 2.75) is 46.5 Å². The van der Waals surface area contributed by atoms with Gasteiger partial charge in [0.2, 0.25) is 0 Å². The molecule has 0 spiro atoms. The summed E-state index contributed by atoms with van der Waals surface area (Å²) in [6, 6.07) is 0. The molecule has 3 nitrogen and oxygen atoms in total. The van der Waals surface area contributed by atoms with Crippen LogP contribution in [0, 0.1) is 11.3 Å². The molecule has 0 aromatic carbocycles. The van der Waals surface area contributed by atoms with Gasteiger partial charge in [-0.25, -0.2) is 0 Å². The number of hydrogen-bond donors (Lipinski definition) is 2. The van der Waals surface area contributed by atoms with Crippen molar-refractivity contribution in [3.8, 4) is 0 Å². The molecule has 1 atom stereocenters. The quantitative estimate of drug-likeness (QED) is 0.860. The number of nitrogens with zero attached hydrogens (tertiary/aromatic N) is 1. The fourth-order valence-electron chi connectivity index (χ4n) is 1.76. The Morgan fingerprint density at radius 1 is 1.47 bits per heavy atom. The summed E-state index contributed by atoms with van der Waals surface area (Å²) >= 11 is 1.51. The molecule has 0 bridgehead atoms. The van der Waals surface area contributed by atoms with Crippen LogP contribution < -0.4 is 11.1 Å². The van der Waals surface area contributed by atoms with Crippen LogP contribution >= 0.6 is 11.5 Å². The summed E-state index contributed by atoms with van der Waals surface area (Å²) < 4.78 is 4.27. The zero-order valence-corrected chi connectivity index (χ0v) is 12.0. The van der Waals surface area contributed by atoms with Gasteiger partial charge in [0.1, 0.15) is 10.8 Å². The number of hydrogen-bond acceptors (Lipinski definition) is 4. The maximum absolute atomic E-state index is 5.93. The normalized spacial score (nSPS) is 18.1. The highest BCUT2D eigenvalue weighted by Crippen LogP contribution is 2.47. The largest absolute Gasteiger partial charge is 0.383 e. The van der Waals surface area contributed by atoms with E-state index in [2.05, 4.69) is 37.4 Å². The van der Waals surface area contributed by atoms with Gasteiger partial charge in [0.05, 0.1) is 0 Å². The second kappa shape index (κ2) is 4.48. The SMILES string of the molecule is CC(CNc1snc(N)c1C1CC1)C(C)(C)C. The Morgan fingerprint density at radius 2 is 2.12 bits per heavy atom. The molecule has 17 heavy (non-hydrogen) atoms. The summed E-state index contributed by atoms with van der Waals surface area (Å²) in [7, 11) is 0. The smallest absolute Gasteiger partial charge is 0.142 e. The predicted octanol–water partition coefficient (Wildman–Crippen LogP) is 3.70. The van der Waals surface area contributed by atoms with Gasteiger partial charge in [-0.3, -0.25) is 0 Å². The van der Waals surface area contributed by atoms with Crippen molar-refractivity contribution in [1.82, 2.24) is 4.37 Å². The van der Waals surface area contributed by atoms with Crippen molar-refractivity contribution in [3.05, 3.63) is 5.56 Å². The van der Waals surface area contributed by atoms with Gasteiger partial charge in [0, 0.05) is 12.1 Å². The van der Waals surface area contributed by atoms with E-state index in [4.69, 9.17) is 5.73 Å². The Morgan fingerprint density at radius 3 is 2.65 bits per heavy atom. The average Bonchev–Trinajstić information content (AvgIpc) is 2.99. The number of nitrogens with two attached hydrogens (primary N) is 1. The van der Waals surface area contributed by atoms with Gasteiger partial charge in [0.25, 0.3) is 0 Å². The first-order valence-electron chi connectivity index (χ1n) is 6.38. The lowest BCUT2D eigenvalue weighted by Gasteiger charge is -2.27. The summed E-state index contributed by atoms with van der Waals surface area (Å²) in [6.45, 7) is 10.1. The number of rotatable bonds is 4. The van der Waals surface area contributed by atoms with E-state index in [1.807, 2.05) is 0 Å². The maximum atomic E-state index is 5.93. The maximum Gasteiger partial charge on any atom is 0.142 e. The molecule has 3 N–H and O–H groups in total. The molecule has 1 aromatic heterocycles. The van der Waals surface area contributed by atoms with Gasteiger partial charge in [-0.15, -0.1) is 0 Å². The van der Waals surface area contributed by atoms with E-state index in [1.54, 1.807) is 0 Å². The first-order valence-corrected chi connectivity index (χ1v) is 7.16. The van der Waals surface area contributed by atoms with Crippen molar-refractivity contribution < 1.29 is 0 Å². The van der Waals surface area contributed by atoms with Crippen LogP contribution in [0.1, 0.15) is 52.0 Å². The molecule has 1 aliphatic rings. The molecule has 2 rings (SSSR count). The molecule has 1 aromatic rings. The number of nitrogens with one attached hydrogen (secondary N) is 1. The molecule has 1 heterocycles. The zero-order valence-electron chi connectivity index (χ0n) is 11.2. The highest BCUT2D eigenvalue weighted by atomic mass is 32.1. The van der Waals surface area contributed by atoms with E-state index in [0.717, 1.165) is 12.4 Å². The monoisotopic (exact) mass is 253 g/mol. The zero-order chi connectivity index (χ0) is 12.6. The number of aromatic nitrogens is 1. The van der Waals surface area contributed by atoms with E-state index >= 15 is 0 Å². The molecule has 0 saturated heterocycles. The van der Waals surface area contributed by atoms with Crippen molar-refractivity contribution >= 4 is 22.4 Å². The molecule has 1 fully saturated rings. The van der Waals surface area contributed by atoms with Crippen LogP contribution in [-0.2, 0) is 0 Å². The van der Waals surface area contributed by atoms with Crippen LogP contribution in [-0.4, -0.2) is 10.9 Å². The van der Waals surface area contributed by atoms with Gasteiger partial charge in [-0.05, 0) is 41.6 Å². The lowest BCUT2D eigenvalue weighted by atomic mass is 9.82. The second-order valence-corrected chi connectivity index (χ2v) is 7.01. The van der Waals surface area contributed by atoms with E-state index in [-0.39, 0.29) is 0 Å². The summed E-state index contributed by atoms with van der Waals surface area (Å²) in [5.41, 5.74) is 7.54. The van der Waals surface area contributed by atoms with Crippen molar-refractivity contribution in [3.63, 3.8) is 0 Å². The molecule has 1 unspecified atom stereocenters. The molecular weight excluding hydrogens is 230 g/mol. The Hall–Kier alpha value is -0.770. The minimum Gasteiger partial charge on any atom is -0.383 e. The predicted molar refractivity (Wildman–Crippen MR) is 75.6 cm³/mol. The van der Waals surface area contributed by atoms with Crippen LogP contribution in [0.15, 0.2) is 0 Å². The van der Waals surface area contributed by atoms with Gasteiger partial charge in [-0.2, -0.15) is 4.37 Å². The molecule has 0 amide bonds. The van der Waals surface area contributed by atoms with E-state index < -0.39 is 0 Å². The second-order valence-electron chi connectivity index (χ2n) is 6.23. The van der Waals surface area contributed by atoms with Gasteiger partial charge in [0.15, 0.2) is 0 Å². The summed E-state index contributed by atoms with van der Waals surface area (Å²) in [6.07, 6.45) is 2.54. The Bertz CT molecular complexity index is 388. The summed E-state index contributed by atoms with van der Waals surface area (Å²) in [5, 5.41) is 4.73. The molecular formula is C13H23N3S. The minimum atomic E-state index is 0.336. The Kier molecular flexibility index (Phi) is 3.34. The highest BCUT2D eigenvalue weighted by molar-refractivity contribution is 7.10. The number of anilines is 2. The third-order valence-corrected chi connectivity index (χ3v) is 4.62. The van der Waals surface area contributed by atoms with Crippen molar-refractivity contribution in [2.75, 3.05) is 17.6 Å². The Labute approximate surface area is 108 Å². The third kappa shape index (κ3) is 2.92. The first-order chi connectivity index (χ1) is 7.89. The van der Waals surface area contributed by atoms with Crippen LogP contribution in [0.3, 0.4) is 0 Å². The highest BCUT2D eigenvalue weighted by Gasteiger charge is 2.30.